The summed E-state index contributed by atoms with van der Waals surface area (Å²) in [6, 6.07) is 15.5. The fourth-order valence-corrected chi connectivity index (χ4v) is 3.47. The van der Waals surface area contributed by atoms with Gasteiger partial charge in [0, 0.05) is 11.5 Å². The highest BCUT2D eigenvalue weighted by atomic mass is 79.9. The van der Waals surface area contributed by atoms with Crippen molar-refractivity contribution in [2.75, 3.05) is 0 Å². The van der Waals surface area contributed by atoms with Crippen LogP contribution in [0.5, 0.6) is 5.88 Å². The lowest BCUT2D eigenvalue weighted by atomic mass is 10.3. The SMILES string of the molecule is Cc1c(N=Nc2c(O)n(-c3ccc(Br)cc3)c(=O)[nH]c2=O)c(=O)n(-c2ccccc2)n1C. The number of benzene rings is 2. The minimum Gasteiger partial charge on any atom is -0.492 e. The first-order chi connectivity index (χ1) is 15.3. The Morgan fingerprint density at radius 1 is 0.906 bits per heavy atom. The molecule has 0 unspecified atom stereocenters. The van der Waals surface area contributed by atoms with Crippen LogP contribution < -0.4 is 16.8 Å². The molecule has 0 aliphatic carbocycles. The van der Waals surface area contributed by atoms with E-state index in [0.29, 0.717) is 17.1 Å². The third kappa shape index (κ3) is 3.62. The average molecular weight is 497 g/mol. The Kier molecular flexibility index (Phi) is 5.49. The molecule has 0 fully saturated rings. The smallest absolute Gasteiger partial charge is 0.335 e. The number of hydrogen-bond donors (Lipinski definition) is 2. The van der Waals surface area contributed by atoms with E-state index in [1.165, 1.54) is 4.68 Å². The summed E-state index contributed by atoms with van der Waals surface area (Å²) in [6.45, 7) is 1.68. The molecule has 0 bridgehead atoms. The number of hydrogen-bond acceptors (Lipinski definition) is 6. The molecule has 32 heavy (non-hydrogen) atoms. The van der Waals surface area contributed by atoms with Crippen molar-refractivity contribution >= 4 is 27.3 Å². The van der Waals surface area contributed by atoms with Gasteiger partial charge < -0.3 is 5.11 Å². The summed E-state index contributed by atoms with van der Waals surface area (Å²) in [5.74, 6) is -0.693. The molecule has 0 radical (unpaired) electrons. The zero-order valence-corrected chi connectivity index (χ0v) is 18.6. The molecule has 2 aromatic heterocycles. The van der Waals surface area contributed by atoms with Crippen LogP contribution in [0.1, 0.15) is 5.69 Å². The second kappa shape index (κ2) is 8.27. The molecular weight excluding hydrogens is 480 g/mol. The van der Waals surface area contributed by atoms with Crippen molar-refractivity contribution in [1.29, 1.82) is 0 Å². The largest absolute Gasteiger partial charge is 0.492 e. The van der Waals surface area contributed by atoms with Gasteiger partial charge in [-0.25, -0.2) is 14.0 Å². The first-order valence-electron chi connectivity index (χ1n) is 9.39. The molecule has 0 amide bonds. The van der Waals surface area contributed by atoms with Gasteiger partial charge in [0.1, 0.15) is 0 Å². The van der Waals surface area contributed by atoms with Crippen LogP contribution in [0.15, 0.2) is 83.7 Å². The number of rotatable bonds is 4. The predicted molar refractivity (Wildman–Crippen MR) is 122 cm³/mol. The molecule has 11 heteroatoms. The van der Waals surface area contributed by atoms with Crippen LogP contribution in [0.2, 0.25) is 0 Å². The third-order valence-electron chi connectivity index (χ3n) is 4.92. The van der Waals surface area contributed by atoms with E-state index in [1.54, 1.807) is 67.2 Å². The summed E-state index contributed by atoms with van der Waals surface area (Å²) in [7, 11) is 1.70. The molecule has 0 aliphatic rings. The van der Waals surface area contributed by atoms with Crippen LogP contribution in [0.25, 0.3) is 11.4 Å². The van der Waals surface area contributed by atoms with E-state index in [4.69, 9.17) is 0 Å². The highest BCUT2D eigenvalue weighted by Crippen LogP contribution is 2.26. The third-order valence-corrected chi connectivity index (χ3v) is 5.45. The first-order valence-corrected chi connectivity index (χ1v) is 10.2. The Morgan fingerprint density at radius 2 is 1.53 bits per heavy atom. The molecule has 0 spiro atoms. The molecule has 162 valence electrons. The number of para-hydroxylation sites is 1. The standard InChI is InChI=1S/C21H17BrN6O4/c1-12-16(20(31)28(26(12)2)15-6-4-3-5-7-15)24-25-17-18(29)23-21(32)27(19(17)30)14-10-8-13(22)9-11-14/h3-11,30H,1-2H3,(H,23,29,32). The van der Waals surface area contributed by atoms with Crippen LogP contribution >= 0.6 is 15.9 Å². The van der Waals surface area contributed by atoms with Crippen molar-refractivity contribution in [3.8, 4) is 17.3 Å². The molecule has 2 heterocycles. The number of nitrogens with one attached hydrogen (secondary N) is 1. The number of halogens is 1. The second-order valence-corrected chi connectivity index (χ2v) is 7.77. The normalized spacial score (nSPS) is 11.3. The molecule has 0 atom stereocenters. The summed E-state index contributed by atoms with van der Waals surface area (Å²) < 4.78 is 4.69. The maximum atomic E-state index is 13.0. The molecule has 2 aromatic carbocycles. The van der Waals surface area contributed by atoms with E-state index >= 15 is 0 Å². The topological polar surface area (TPSA) is 127 Å². The Hall–Kier alpha value is -3.99. The zero-order chi connectivity index (χ0) is 23.0. The summed E-state index contributed by atoms with van der Waals surface area (Å²) in [5.41, 5.74) is -1.27. The Labute approximate surface area is 188 Å². The van der Waals surface area contributed by atoms with Crippen LogP contribution in [0.3, 0.4) is 0 Å². The van der Waals surface area contributed by atoms with Gasteiger partial charge in [0.25, 0.3) is 11.1 Å². The molecule has 4 aromatic rings. The molecule has 0 aliphatic heterocycles. The van der Waals surface area contributed by atoms with E-state index in [1.807, 2.05) is 6.07 Å². The van der Waals surface area contributed by atoms with E-state index < -0.39 is 28.4 Å². The minimum atomic E-state index is -0.929. The molecule has 0 saturated carbocycles. The summed E-state index contributed by atoms with van der Waals surface area (Å²) in [5, 5.41) is 18.4. The highest BCUT2D eigenvalue weighted by Gasteiger charge is 2.18. The van der Waals surface area contributed by atoms with Crippen LogP contribution in [0, 0.1) is 6.92 Å². The number of aromatic hydroxyl groups is 1. The predicted octanol–water partition coefficient (Wildman–Crippen LogP) is 3.21. The van der Waals surface area contributed by atoms with Crippen LogP contribution in [0.4, 0.5) is 11.4 Å². The molecular formula is C21H17BrN6O4. The van der Waals surface area contributed by atoms with Crippen molar-refractivity contribution in [1.82, 2.24) is 18.9 Å². The quantitative estimate of drug-likeness (QED) is 0.420. The van der Waals surface area contributed by atoms with E-state index in [2.05, 4.69) is 31.1 Å². The molecule has 2 N–H and O–H groups in total. The molecule has 10 nitrogen and oxygen atoms in total. The number of aromatic amines is 1. The second-order valence-electron chi connectivity index (χ2n) is 6.85. The van der Waals surface area contributed by atoms with Gasteiger partial charge in [0.05, 0.1) is 17.1 Å². The fourth-order valence-electron chi connectivity index (χ4n) is 3.21. The summed E-state index contributed by atoms with van der Waals surface area (Å²) in [4.78, 5) is 39.7. The van der Waals surface area contributed by atoms with Gasteiger partial charge in [-0.3, -0.25) is 19.3 Å². The van der Waals surface area contributed by atoms with Crippen LogP contribution in [-0.2, 0) is 7.05 Å². The minimum absolute atomic E-state index is 0.00320. The summed E-state index contributed by atoms with van der Waals surface area (Å²) in [6.07, 6.45) is 0. The monoisotopic (exact) mass is 496 g/mol. The van der Waals surface area contributed by atoms with Gasteiger partial charge in [-0.2, -0.15) is 0 Å². The Morgan fingerprint density at radius 3 is 2.19 bits per heavy atom. The van der Waals surface area contributed by atoms with Crippen molar-refractivity contribution in [3.05, 3.63) is 96.0 Å². The lowest BCUT2D eigenvalue weighted by molar-refractivity contribution is 0.432. The van der Waals surface area contributed by atoms with Gasteiger partial charge in [-0.1, -0.05) is 34.1 Å². The van der Waals surface area contributed by atoms with Crippen LogP contribution in [-0.4, -0.2) is 24.0 Å². The Bertz CT molecular complexity index is 1510. The van der Waals surface area contributed by atoms with Gasteiger partial charge in [0.2, 0.25) is 11.6 Å². The summed E-state index contributed by atoms with van der Waals surface area (Å²) >= 11 is 3.30. The molecule has 0 saturated heterocycles. The molecule has 4 rings (SSSR count). The van der Waals surface area contributed by atoms with Gasteiger partial charge in [0.15, 0.2) is 5.69 Å². The number of nitrogens with zero attached hydrogens (tertiary/aromatic N) is 5. The Balaban J connectivity index is 1.84. The van der Waals surface area contributed by atoms with Gasteiger partial charge in [-0.15, -0.1) is 10.2 Å². The van der Waals surface area contributed by atoms with Gasteiger partial charge >= 0.3 is 5.69 Å². The first kappa shape index (κ1) is 21.2. The van der Waals surface area contributed by atoms with Crippen molar-refractivity contribution in [2.45, 2.75) is 6.92 Å². The average Bonchev–Trinajstić information content (AvgIpc) is 2.98. The lowest BCUT2D eigenvalue weighted by Crippen LogP contribution is -2.28. The van der Waals surface area contributed by atoms with E-state index in [-0.39, 0.29) is 5.69 Å². The maximum Gasteiger partial charge on any atom is 0.335 e. The van der Waals surface area contributed by atoms with Crippen molar-refractivity contribution in [3.63, 3.8) is 0 Å². The van der Waals surface area contributed by atoms with E-state index in [9.17, 15) is 19.5 Å². The number of H-pyrrole nitrogens is 1. The lowest BCUT2D eigenvalue weighted by Gasteiger charge is -2.08. The van der Waals surface area contributed by atoms with Gasteiger partial charge in [-0.05, 0) is 43.3 Å². The fraction of sp³-hybridized carbons (Fsp3) is 0.0952. The zero-order valence-electron chi connectivity index (χ0n) is 17.0. The number of aromatic nitrogens is 4. The van der Waals surface area contributed by atoms with Crippen molar-refractivity contribution < 1.29 is 5.11 Å². The number of azo groups is 1. The highest BCUT2D eigenvalue weighted by molar-refractivity contribution is 9.10. The van der Waals surface area contributed by atoms with E-state index in [0.717, 1.165) is 9.04 Å². The van der Waals surface area contributed by atoms with Crippen molar-refractivity contribution in [2.24, 2.45) is 17.3 Å². The maximum absolute atomic E-state index is 13.0.